The summed E-state index contributed by atoms with van der Waals surface area (Å²) in [4.78, 5) is 3.98. The van der Waals surface area contributed by atoms with Crippen molar-refractivity contribution >= 4 is 5.96 Å². The highest BCUT2D eigenvalue weighted by Gasteiger charge is 2.46. The zero-order chi connectivity index (χ0) is 14.1. The topological polar surface area (TPSA) is 70.6 Å². The predicted molar refractivity (Wildman–Crippen MR) is 65.6 cm³/mol. The Bertz CT molecular complexity index is 355. The van der Waals surface area contributed by atoms with Crippen molar-refractivity contribution in [1.29, 1.82) is 0 Å². The number of aliphatic imine (C=N–C) groups is 1. The highest BCUT2D eigenvalue weighted by Crippen LogP contribution is 2.41. The first-order valence-corrected chi connectivity index (χ1v) is 6.64. The van der Waals surface area contributed by atoms with Gasteiger partial charge < -0.3 is 16.2 Å². The molecule has 2 fully saturated rings. The van der Waals surface area contributed by atoms with Crippen LogP contribution in [0, 0.1) is 5.92 Å². The summed E-state index contributed by atoms with van der Waals surface area (Å²) in [6.07, 6.45) is -1.64. The van der Waals surface area contributed by atoms with Crippen molar-refractivity contribution in [3.63, 3.8) is 0 Å². The lowest BCUT2D eigenvalue weighted by Gasteiger charge is -2.36. The molecule has 2 atom stereocenters. The molecule has 0 heterocycles. The molecule has 0 bridgehead atoms. The largest absolute Gasteiger partial charge is 0.391 e. The van der Waals surface area contributed by atoms with Gasteiger partial charge in [0.2, 0.25) is 0 Å². The average Bonchev–Trinajstić information content (AvgIpc) is 3.09. The standard InChI is InChI=1S/C12H20F3N3O/c13-12(14,15)8-2-1-5-11(19,6-8)7-17-10(16)18-9-3-4-9/h8-9,19H,1-7H2,(H3,16,17,18). The molecule has 4 N–H and O–H groups in total. The minimum absolute atomic E-state index is 0.0644. The van der Waals surface area contributed by atoms with E-state index in [2.05, 4.69) is 10.3 Å². The summed E-state index contributed by atoms with van der Waals surface area (Å²) in [5.74, 6) is -1.22. The van der Waals surface area contributed by atoms with E-state index >= 15 is 0 Å². The number of nitrogens with two attached hydrogens (primary N) is 1. The third kappa shape index (κ3) is 4.26. The Morgan fingerprint density at radius 2 is 2.05 bits per heavy atom. The maximum absolute atomic E-state index is 12.7. The number of guanidine groups is 1. The molecule has 0 aliphatic heterocycles. The number of hydrogen-bond acceptors (Lipinski definition) is 2. The number of halogens is 3. The maximum Gasteiger partial charge on any atom is 0.391 e. The molecule has 0 amide bonds. The number of hydrogen-bond donors (Lipinski definition) is 3. The summed E-state index contributed by atoms with van der Waals surface area (Å²) in [5, 5.41) is 13.2. The summed E-state index contributed by atoms with van der Waals surface area (Å²) in [6.45, 7) is -0.0644. The van der Waals surface area contributed by atoms with E-state index in [1.165, 1.54) is 0 Å². The Hall–Kier alpha value is -0.980. The maximum atomic E-state index is 12.7. The van der Waals surface area contributed by atoms with E-state index in [1.807, 2.05) is 0 Å². The van der Waals surface area contributed by atoms with Crippen molar-refractivity contribution in [2.75, 3.05) is 6.54 Å². The van der Waals surface area contributed by atoms with E-state index in [0.29, 0.717) is 18.9 Å². The summed E-state index contributed by atoms with van der Waals surface area (Å²) in [6, 6.07) is 0.340. The van der Waals surface area contributed by atoms with Gasteiger partial charge in [-0.15, -0.1) is 0 Å². The first kappa shape index (κ1) is 14.4. The van der Waals surface area contributed by atoms with E-state index in [4.69, 9.17) is 5.73 Å². The Morgan fingerprint density at radius 3 is 2.63 bits per heavy atom. The number of aliphatic hydroxyl groups is 1. The van der Waals surface area contributed by atoms with Crippen LogP contribution in [-0.4, -0.2) is 35.4 Å². The third-order valence-corrected chi connectivity index (χ3v) is 3.76. The van der Waals surface area contributed by atoms with Crippen LogP contribution in [0.5, 0.6) is 0 Å². The third-order valence-electron chi connectivity index (χ3n) is 3.76. The van der Waals surface area contributed by atoms with Crippen LogP contribution in [0.25, 0.3) is 0 Å². The van der Waals surface area contributed by atoms with Crippen molar-refractivity contribution in [2.45, 2.75) is 56.3 Å². The molecule has 0 aromatic heterocycles. The van der Waals surface area contributed by atoms with Gasteiger partial charge in [-0.25, -0.2) is 0 Å². The quantitative estimate of drug-likeness (QED) is 0.542. The highest BCUT2D eigenvalue weighted by molar-refractivity contribution is 5.78. The summed E-state index contributed by atoms with van der Waals surface area (Å²) < 4.78 is 38.0. The SMILES string of the molecule is NC(=NCC1(O)CCCC(C(F)(F)F)C1)NC1CC1. The van der Waals surface area contributed by atoms with Crippen molar-refractivity contribution in [3.8, 4) is 0 Å². The smallest absolute Gasteiger partial charge is 0.388 e. The Labute approximate surface area is 110 Å². The minimum atomic E-state index is -4.24. The van der Waals surface area contributed by atoms with Gasteiger partial charge >= 0.3 is 6.18 Å². The lowest BCUT2D eigenvalue weighted by Crippen LogP contribution is -2.43. The number of nitrogens with zero attached hydrogens (tertiary/aromatic N) is 1. The molecular weight excluding hydrogens is 259 g/mol. The number of nitrogens with one attached hydrogen (secondary N) is 1. The molecule has 2 aliphatic rings. The van der Waals surface area contributed by atoms with E-state index in [-0.39, 0.29) is 25.3 Å². The molecule has 0 radical (unpaired) electrons. The van der Waals surface area contributed by atoms with Crippen LogP contribution in [0.2, 0.25) is 0 Å². The molecule has 2 rings (SSSR count). The van der Waals surface area contributed by atoms with Gasteiger partial charge in [0.15, 0.2) is 5.96 Å². The fourth-order valence-corrected chi connectivity index (χ4v) is 2.48. The van der Waals surface area contributed by atoms with Crippen molar-refractivity contribution in [2.24, 2.45) is 16.6 Å². The van der Waals surface area contributed by atoms with Gasteiger partial charge in [-0.1, -0.05) is 0 Å². The van der Waals surface area contributed by atoms with E-state index in [9.17, 15) is 18.3 Å². The average molecular weight is 279 g/mol. The summed E-state index contributed by atoms with van der Waals surface area (Å²) in [5.41, 5.74) is 4.24. The monoisotopic (exact) mass is 279 g/mol. The molecule has 0 aromatic carbocycles. The molecule has 0 saturated heterocycles. The van der Waals surface area contributed by atoms with Gasteiger partial charge in [0.05, 0.1) is 18.1 Å². The molecule has 2 unspecified atom stereocenters. The van der Waals surface area contributed by atoms with Gasteiger partial charge in [-0.2, -0.15) is 13.2 Å². The number of alkyl halides is 3. The van der Waals surface area contributed by atoms with E-state index < -0.39 is 17.7 Å². The summed E-state index contributed by atoms with van der Waals surface area (Å²) in [7, 11) is 0. The number of rotatable bonds is 3. The van der Waals surface area contributed by atoms with E-state index in [1.54, 1.807) is 0 Å². The fraction of sp³-hybridized carbons (Fsp3) is 0.917. The van der Waals surface area contributed by atoms with Crippen LogP contribution < -0.4 is 11.1 Å². The molecule has 2 aliphatic carbocycles. The zero-order valence-electron chi connectivity index (χ0n) is 10.7. The van der Waals surface area contributed by atoms with Crippen LogP contribution in [0.3, 0.4) is 0 Å². The molecule has 0 spiro atoms. The van der Waals surface area contributed by atoms with Crippen LogP contribution in [-0.2, 0) is 0 Å². The first-order valence-electron chi connectivity index (χ1n) is 6.64. The normalized spacial score (nSPS) is 33.3. The lowest BCUT2D eigenvalue weighted by molar-refractivity contribution is -0.199. The second kappa shape index (κ2) is 5.19. The van der Waals surface area contributed by atoms with Gasteiger partial charge in [0, 0.05) is 6.04 Å². The van der Waals surface area contributed by atoms with Crippen LogP contribution in [0.1, 0.15) is 38.5 Å². The Balaban J connectivity index is 1.89. The Kier molecular flexibility index (Phi) is 3.94. The molecule has 0 aromatic rings. The lowest BCUT2D eigenvalue weighted by atomic mass is 9.78. The first-order chi connectivity index (χ1) is 8.78. The fourth-order valence-electron chi connectivity index (χ4n) is 2.48. The van der Waals surface area contributed by atoms with Gasteiger partial charge in [-0.05, 0) is 38.5 Å². The summed E-state index contributed by atoms with van der Waals surface area (Å²) >= 11 is 0. The van der Waals surface area contributed by atoms with Crippen LogP contribution in [0.15, 0.2) is 4.99 Å². The van der Waals surface area contributed by atoms with Gasteiger partial charge in [0.25, 0.3) is 0 Å². The van der Waals surface area contributed by atoms with Gasteiger partial charge in [-0.3, -0.25) is 4.99 Å². The van der Waals surface area contributed by atoms with Crippen LogP contribution >= 0.6 is 0 Å². The zero-order valence-corrected chi connectivity index (χ0v) is 10.7. The van der Waals surface area contributed by atoms with Crippen molar-refractivity contribution in [3.05, 3.63) is 0 Å². The van der Waals surface area contributed by atoms with Gasteiger partial charge in [0.1, 0.15) is 0 Å². The second-order valence-corrected chi connectivity index (χ2v) is 5.68. The second-order valence-electron chi connectivity index (χ2n) is 5.68. The molecule has 110 valence electrons. The minimum Gasteiger partial charge on any atom is -0.388 e. The molecule has 19 heavy (non-hydrogen) atoms. The van der Waals surface area contributed by atoms with Crippen molar-refractivity contribution in [1.82, 2.24) is 5.32 Å². The Morgan fingerprint density at radius 1 is 1.37 bits per heavy atom. The predicted octanol–water partition coefficient (Wildman–Crippen LogP) is 1.54. The highest BCUT2D eigenvalue weighted by atomic mass is 19.4. The molecule has 2 saturated carbocycles. The van der Waals surface area contributed by atoms with Crippen LogP contribution in [0.4, 0.5) is 13.2 Å². The molecule has 4 nitrogen and oxygen atoms in total. The van der Waals surface area contributed by atoms with E-state index in [0.717, 1.165) is 12.8 Å². The molecule has 7 heteroatoms. The van der Waals surface area contributed by atoms with Crippen molar-refractivity contribution < 1.29 is 18.3 Å². The molecular formula is C12H20F3N3O.